The van der Waals surface area contributed by atoms with Gasteiger partial charge in [0.15, 0.2) is 0 Å². The van der Waals surface area contributed by atoms with Gasteiger partial charge in [0.2, 0.25) is 0 Å². The van der Waals surface area contributed by atoms with Crippen LogP contribution in [0.5, 0.6) is 0 Å². The van der Waals surface area contributed by atoms with Crippen molar-refractivity contribution in [3.63, 3.8) is 0 Å². The fraction of sp³-hybridized carbons (Fsp3) is 0.957. The molecule has 5 unspecified atom stereocenters. The standard InChI is InChI=1S/C23H40O3/c1-6-15(2)25-20-16-11-7-9-13-18(16)21(26-22(24)23(3,4)5)19-14-10-8-12-17(19)20/h15-21H,6-14H2,1-5H3. The van der Waals surface area contributed by atoms with E-state index in [9.17, 15) is 4.79 Å². The second-order valence-electron chi connectivity index (χ2n) is 10.2. The smallest absolute Gasteiger partial charge is 0.311 e. The van der Waals surface area contributed by atoms with Crippen molar-refractivity contribution in [3.8, 4) is 0 Å². The monoisotopic (exact) mass is 364 g/mol. The van der Waals surface area contributed by atoms with Crippen molar-refractivity contribution in [2.45, 2.75) is 111 Å². The van der Waals surface area contributed by atoms with Crippen molar-refractivity contribution >= 4 is 5.97 Å². The minimum absolute atomic E-state index is 0.0163. The van der Waals surface area contributed by atoms with Crippen LogP contribution in [0.15, 0.2) is 0 Å². The molecule has 150 valence electrons. The first-order chi connectivity index (χ1) is 12.3. The maximum absolute atomic E-state index is 12.7. The summed E-state index contributed by atoms with van der Waals surface area (Å²) in [5.41, 5.74) is -0.418. The van der Waals surface area contributed by atoms with Crippen LogP contribution in [-0.4, -0.2) is 24.3 Å². The third kappa shape index (κ3) is 4.13. The second kappa shape index (κ2) is 8.20. The highest BCUT2D eigenvalue weighted by atomic mass is 16.5. The number of hydrogen-bond donors (Lipinski definition) is 0. The quantitative estimate of drug-likeness (QED) is 0.595. The highest BCUT2D eigenvalue weighted by Gasteiger charge is 2.53. The van der Waals surface area contributed by atoms with E-state index in [0.717, 1.165) is 6.42 Å². The van der Waals surface area contributed by atoms with Crippen LogP contribution >= 0.6 is 0 Å². The maximum atomic E-state index is 12.7. The highest BCUT2D eigenvalue weighted by Crippen LogP contribution is 2.53. The zero-order valence-corrected chi connectivity index (χ0v) is 17.6. The first-order valence-corrected chi connectivity index (χ1v) is 11.2. The van der Waals surface area contributed by atoms with Gasteiger partial charge in [-0.15, -0.1) is 0 Å². The third-order valence-electron chi connectivity index (χ3n) is 7.26. The lowest BCUT2D eigenvalue weighted by Gasteiger charge is -2.55. The molecule has 3 nitrogen and oxygen atoms in total. The largest absolute Gasteiger partial charge is 0.461 e. The number of fused-ring (bicyclic) bond motifs is 2. The minimum atomic E-state index is -0.418. The first-order valence-electron chi connectivity index (χ1n) is 11.2. The number of esters is 1. The van der Waals surface area contributed by atoms with E-state index in [1.54, 1.807) is 0 Å². The van der Waals surface area contributed by atoms with Crippen LogP contribution < -0.4 is 0 Å². The molecule has 0 aromatic rings. The molecule has 0 aromatic carbocycles. The average Bonchev–Trinajstić information content (AvgIpc) is 2.63. The molecule has 0 bridgehead atoms. The van der Waals surface area contributed by atoms with Gasteiger partial charge in [0.1, 0.15) is 6.10 Å². The lowest BCUT2D eigenvalue weighted by Crippen LogP contribution is -2.57. The fourth-order valence-corrected chi connectivity index (χ4v) is 5.68. The summed E-state index contributed by atoms with van der Waals surface area (Å²) in [7, 11) is 0. The summed E-state index contributed by atoms with van der Waals surface area (Å²) in [5.74, 6) is 2.15. The molecule has 0 radical (unpaired) electrons. The van der Waals surface area contributed by atoms with Crippen molar-refractivity contribution in [2.24, 2.45) is 29.1 Å². The molecule has 3 aliphatic carbocycles. The first kappa shape index (κ1) is 20.2. The van der Waals surface area contributed by atoms with Gasteiger partial charge in [-0.05, 0) is 71.6 Å². The highest BCUT2D eigenvalue weighted by molar-refractivity contribution is 5.75. The van der Waals surface area contributed by atoms with Crippen molar-refractivity contribution in [2.75, 3.05) is 0 Å². The second-order valence-corrected chi connectivity index (χ2v) is 10.2. The van der Waals surface area contributed by atoms with Crippen molar-refractivity contribution in [1.82, 2.24) is 0 Å². The zero-order valence-electron chi connectivity index (χ0n) is 17.6. The maximum Gasteiger partial charge on any atom is 0.311 e. The number of rotatable bonds is 4. The molecule has 5 atom stereocenters. The molecule has 0 amide bonds. The molecule has 0 N–H and O–H groups in total. The summed E-state index contributed by atoms with van der Waals surface area (Å²) >= 11 is 0. The summed E-state index contributed by atoms with van der Waals surface area (Å²) in [4.78, 5) is 12.7. The molecular weight excluding hydrogens is 324 g/mol. The van der Waals surface area contributed by atoms with Crippen LogP contribution in [0.4, 0.5) is 0 Å². The third-order valence-corrected chi connectivity index (χ3v) is 7.26. The Hall–Kier alpha value is -0.570. The van der Waals surface area contributed by atoms with Crippen LogP contribution in [0.1, 0.15) is 92.4 Å². The number of ether oxygens (including phenoxy) is 2. The van der Waals surface area contributed by atoms with Gasteiger partial charge in [-0.2, -0.15) is 0 Å². The lowest BCUT2D eigenvalue weighted by atomic mass is 9.56. The van der Waals surface area contributed by atoms with Crippen molar-refractivity contribution in [3.05, 3.63) is 0 Å². The Kier molecular flexibility index (Phi) is 6.37. The Labute approximate surface area is 160 Å². The molecule has 0 saturated heterocycles. The SMILES string of the molecule is CCC(C)OC1C2CCCCC2C(OC(=O)C(C)(C)C)C2CCCCC21. The Morgan fingerprint density at radius 2 is 1.31 bits per heavy atom. The summed E-state index contributed by atoms with van der Waals surface area (Å²) in [5, 5.41) is 0. The molecular formula is C23H40O3. The Morgan fingerprint density at radius 3 is 1.69 bits per heavy atom. The van der Waals surface area contributed by atoms with E-state index in [4.69, 9.17) is 9.47 Å². The van der Waals surface area contributed by atoms with Crippen molar-refractivity contribution in [1.29, 1.82) is 0 Å². The van der Waals surface area contributed by atoms with Crippen molar-refractivity contribution < 1.29 is 14.3 Å². The molecule has 0 spiro atoms. The molecule has 3 fully saturated rings. The molecule has 3 heteroatoms. The van der Waals surface area contributed by atoms with Gasteiger partial charge in [0, 0.05) is 11.8 Å². The predicted molar refractivity (Wildman–Crippen MR) is 105 cm³/mol. The average molecular weight is 365 g/mol. The van der Waals surface area contributed by atoms with Crippen LogP contribution in [-0.2, 0) is 14.3 Å². The van der Waals surface area contributed by atoms with E-state index in [2.05, 4.69) is 13.8 Å². The Morgan fingerprint density at radius 1 is 0.885 bits per heavy atom. The molecule has 0 heterocycles. The van der Waals surface area contributed by atoms with E-state index in [1.807, 2.05) is 20.8 Å². The van der Waals surface area contributed by atoms with Gasteiger partial charge in [0.25, 0.3) is 0 Å². The van der Waals surface area contributed by atoms with Crippen LogP contribution in [0.25, 0.3) is 0 Å². The van der Waals surface area contributed by atoms with E-state index >= 15 is 0 Å². The number of carbonyl (C=O) groups excluding carboxylic acids is 1. The van der Waals surface area contributed by atoms with E-state index in [-0.39, 0.29) is 12.1 Å². The zero-order chi connectivity index (χ0) is 18.9. The van der Waals surface area contributed by atoms with Crippen LogP contribution in [0.2, 0.25) is 0 Å². The van der Waals surface area contributed by atoms with Gasteiger partial charge >= 0.3 is 5.97 Å². The molecule has 0 aromatic heterocycles. The predicted octanol–water partition coefficient (Wildman–Crippen LogP) is 5.75. The van der Waals surface area contributed by atoms with Crippen LogP contribution in [0.3, 0.4) is 0 Å². The van der Waals surface area contributed by atoms with Gasteiger partial charge in [0.05, 0.1) is 17.6 Å². The van der Waals surface area contributed by atoms with Gasteiger partial charge in [-0.25, -0.2) is 0 Å². The van der Waals surface area contributed by atoms with Gasteiger partial charge < -0.3 is 9.47 Å². The van der Waals surface area contributed by atoms with E-state index in [0.29, 0.717) is 35.9 Å². The molecule has 3 aliphatic rings. The Balaban J connectivity index is 1.87. The number of hydrogen-bond acceptors (Lipinski definition) is 3. The van der Waals surface area contributed by atoms with E-state index in [1.165, 1.54) is 51.4 Å². The van der Waals surface area contributed by atoms with Crippen LogP contribution in [0, 0.1) is 29.1 Å². The van der Waals surface area contributed by atoms with Gasteiger partial charge in [-0.3, -0.25) is 4.79 Å². The molecule has 0 aliphatic heterocycles. The van der Waals surface area contributed by atoms with E-state index < -0.39 is 5.41 Å². The topological polar surface area (TPSA) is 35.5 Å². The fourth-order valence-electron chi connectivity index (χ4n) is 5.68. The normalized spacial score (nSPS) is 38.8. The van der Waals surface area contributed by atoms with Gasteiger partial charge in [-0.1, -0.05) is 32.6 Å². The minimum Gasteiger partial charge on any atom is -0.461 e. The molecule has 3 saturated carbocycles. The summed E-state index contributed by atoms with van der Waals surface area (Å²) in [6.07, 6.45) is 12.0. The Bertz CT molecular complexity index is 456. The molecule has 26 heavy (non-hydrogen) atoms. The summed E-state index contributed by atoms with van der Waals surface area (Å²) < 4.78 is 12.9. The lowest BCUT2D eigenvalue weighted by molar-refractivity contribution is -0.204. The number of carbonyl (C=O) groups is 1. The molecule has 3 rings (SSSR count). The summed E-state index contributed by atoms with van der Waals surface area (Å²) in [6.45, 7) is 10.4. The summed E-state index contributed by atoms with van der Waals surface area (Å²) in [6, 6.07) is 0.